The van der Waals surface area contributed by atoms with Gasteiger partial charge in [-0.1, -0.05) is 28.2 Å². The topological polar surface area (TPSA) is 47.0 Å². The molecule has 0 saturated carbocycles. The van der Waals surface area contributed by atoms with Crippen molar-refractivity contribution in [1.82, 2.24) is 14.9 Å². The average Bonchev–Trinajstić information content (AvgIpc) is 2.91. The van der Waals surface area contributed by atoms with E-state index in [1.807, 2.05) is 6.07 Å². The van der Waals surface area contributed by atoms with Gasteiger partial charge >= 0.3 is 0 Å². The highest BCUT2D eigenvalue weighted by Crippen LogP contribution is 2.33. The molecular formula is C14H15ClFN3OS. The molecule has 1 aromatic carbocycles. The Balaban J connectivity index is 1.84. The van der Waals surface area contributed by atoms with E-state index >= 15 is 0 Å². The minimum atomic E-state index is -0.312. The van der Waals surface area contributed by atoms with Crippen molar-refractivity contribution in [3.63, 3.8) is 0 Å². The molecule has 1 aliphatic rings. The van der Waals surface area contributed by atoms with E-state index in [-0.39, 0.29) is 11.4 Å². The summed E-state index contributed by atoms with van der Waals surface area (Å²) in [5.74, 6) is -0.228. The molecule has 1 fully saturated rings. The summed E-state index contributed by atoms with van der Waals surface area (Å²) < 4.78 is 23.4. The Bertz CT molecular complexity index is 616. The van der Waals surface area contributed by atoms with Crippen LogP contribution >= 0.6 is 23.1 Å². The molecule has 0 amide bonds. The number of nitrogens with one attached hydrogen (secondary N) is 1. The van der Waals surface area contributed by atoms with Crippen LogP contribution in [0.15, 0.2) is 24.3 Å². The first kappa shape index (κ1) is 14.8. The summed E-state index contributed by atoms with van der Waals surface area (Å²) in [5.41, 5.74) is 1.35. The molecule has 1 aromatic heterocycles. The maximum Gasteiger partial charge on any atom is 0.138 e. The van der Waals surface area contributed by atoms with Crippen LogP contribution in [0.2, 0.25) is 4.34 Å². The Kier molecular flexibility index (Phi) is 4.49. The Labute approximate surface area is 131 Å². The molecule has 1 aliphatic heterocycles. The van der Waals surface area contributed by atoms with E-state index in [1.165, 1.54) is 17.6 Å². The second-order valence-corrected chi connectivity index (χ2v) is 6.41. The lowest BCUT2D eigenvalue weighted by Gasteiger charge is -2.38. The molecule has 0 unspecified atom stereocenters. The smallest absolute Gasteiger partial charge is 0.138 e. The minimum absolute atomic E-state index is 0.228. The third-order valence-corrected chi connectivity index (χ3v) is 4.81. The zero-order valence-corrected chi connectivity index (χ0v) is 12.9. The van der Waals surface area contributed by atoms with Gasteiger partial charge in [0.2, 0.25) is 0 Å². The molecule has 2 aromatic rings. The third-order valence-electron chi connectivity index (χ3n) is 3.83. The maximum atomic E-state index is 13.6. The zero-order valence-electron chi connectivity index (χ0n) is 11.3. The van der Waals surface area contributed by atoms with Crippen molar-refractivity contribution in [3.8, 4) is 0 Å². The zero-order chi connectivity index (χ0) is 14.7. The lowest BCUT2D eigenvalue weighted by molar-refractivity contribution is 0.0355. The normalized spacial score (nSPS) is 17.8. The van der Waals surface area contributed by atoms with Crippen LogP contribution in [0.4, 0.5) is 4.39 Å². The number of hydrogen-bond acceptors (Lipinski definition) is 5. The maximum absolute atomic E-state index is 13.6. The van der Waals surface area contributed by atoms with Crippen LogP contribution in [0.3, 0.4) is 0 Å². The van der Waals surface area contributed by atoms with Crippen molar-refractivity contribution >= 4 is 23.1 Å². The fourth-order valence-electron chi connectivity index (χ4n) is 2.63. The minimum Gasteiger partial charge on any atom is -0.381 e. The average molecular weight is 328 g/mol. The summed E-state index contributed by atoms with van der Waals surface area (Å²) in [6.45, 7) is 1.80. The summed E-state index contributed by atoms with van der Waals surface area (Å²) in [4.78, 5) is 0. The first-order valence-corrected chi connectivity index (χ1v) is 7.90. The van der Waals surface area contributed by atoms with E-state index < -0.39 is 0 Å². The Hall–Kier alpha value is -1.08. The predicted octanol–water partition coefficient (Wildman–Crippen LogP) is 3.13. The molecule has 1 N–H and O–H groups in total. The Morgan fingerprint density at radius 3 is 2.86 bits per heavy atom. The van der Waals surface area contributed by atoms with E-state index in [2.05, 4.69) is 14.9 Å². The molecule has 7 heteroatoms. The second kappa shape index (κ2) is 6.36. The van der Waals surface area contributed by atoms with E-state index in [1.54, 1.807) is 12.1 Å². The van der Waals surface area contributed by atoms with E-state index in [0.29, 0.717) is 24.1 Å². The van der Waals surface area contributed by atoms with Crippen molar-refractivity contribution in [3.05, 3.63) is 45.7 Å². The number of ether oxygens (including phenoxy) is 1. The number of benzene rings is 1. The quantitative estimate of drug-likeness (QED) is 0.937. The van der Waals surface area contributed by atoms with Crippen molar-refractivity contribution in [2.24, 2.45) is 0 Å². The number of nitrogens with zero attached hydrogens (tertiary/aromatic N) is 2. The van der Waals surface area contributed by atoms with Gasteiger partial charge in [-0.3, -0.25) is 0 Å². The second-order valence-electron chi connectivity index (χ2n) is 5.05. The summed E-state index contributed by atoms with van der Waals surface area (Å²) in [6, 6.07) is 6.72. The van der Waals surface area contributed by atoms with Crippen molar-refractivity contribution in [2.75, 3.05) is 13.2 Å². The van der Waals surface area contributed by atoms with Gasteiger partial charge in [0.05, 0.1) is 0 Å². The highest BCUT2D eigenvalue weighted by Gasteiger charge is 2.34. The van der Waals surface area contributed by atoms with Gasteiger partial charge in [0.15, 0.2) is 0 Å². The van der Waals surface area contributed by atoms with Gasteiger partial charge in [-0.25, -0.2) is 4.39 Å². The molecule has 112 valence electrons. The van der Waals surface area contributed by atoms with E-state index in [4.69, 9.17) is 16.3 Å². The Morgan fingerprint density at radius 2 is 2.19 bits per heavy atom. The predicted molar refractivity (Wildman–Crippen MR) is 79.9 cm³/mol. The standard InChI is InChI=1S/C14H15ClFN3OS/c15-13-12(18-19-21-13)9-17-14(4-6-20-7-5-14)10-2-1-3-11(16)8-10/h1-3,8,17H,4-7,9H2. The molecule has 4 nitrogen and oxygen atoms in total. The van der Waals surface area contributed by atoms with Crippen LogP contribution in [0.1, 0.15) is 24.1 Å². The summed E-state index contributed by atoms with van der Waals surface area (Å²) in [6.07, 6.45) is 1.57. The highest BCUT2D eigenvalue weighted by atomic mass is 35.5. The number of hydrogen-bond donors (Lipinski definition) is 1. The van der Waals surface area contributed by atoms with Gasteiger partial charge in [-0.15, -0.1) is 5.10 Å². The van der Waals surface area contributed by atoms with Gasteiger partial charge < -0.3 is 10.1 Å². The van der Waals surface area contributed by atoms with Crippen LogP contribution in [0.5, 0.6) is 0 Å². The van der Waals surface area contributed by atoms with E-state index in [9.17, 15) is 4.39 Å². The summed E-state index contributed by atoms with van der Waals surface area (Å²) in [7, 11) is 0. The van der Waals surface area contributed by atoms with Crippen LogP contribution in [0, 0.1) is 5.82 Å². The molecule has 2 heterocycles. The SMILES string of the molecule is Fc1cccc(C2(NCc3nnsc3Cl)CCOCC2)c1. The van der Waals surface area contributed by atoms with Gasteiger partial charge in [0.1, 0.15) is 15.8 Å². The fraction of sp³-hybridized carbons (Fsp3) is 0.429. The van der Waals surface area contributed by atoms with Gasteiger partial charge in [-0.05, 0) is 30.5 Å². The van der Waals surface area contributed by atoms with Crippen LogP contribution in [-0.4, -0.2) is 22.8 Å². The number of halogens is 2. The van der Waals surface area contributed by atoms with Gasteiger partial charge in [0, 0.05) is 36.8 Å². The van der Waals surface area contributed by atoms with Crippen molar-refractivity contribution in [2.45, 2.75) is 24.9 Å². The lowest BCUT2D eigenvalue weighted by Crippen LogP contribution is -2.46. The van der Waals surface area contributed by atoms with Crippen molar-refractivity contribution < 1.29 is 9.13 Å². The summed E-state index contributed by atoms with van der Waals surface area (Å²) in [5, 5.41) is 7.51. The first-order valence-electron chi connectivity index (χ1n) is 6.75. The van der Waals surface area contributed by atoms with Crippen molar-refractivity contribution in [1.29, 1.82) is 0 Å². The molecule has 21 heavy (non-hydrogen) atoms. The molecule has 0 atom stereocenters. The van der Waals surface area contributed by atoms with Crippen LogP contribution in [0.25, 0.3) is 0 Å². The van der Waals surface area contributed by atoms with Gasteiger partial charge in [0.25, 0.3) is 0 Å². The first-order chi connectivity index (χ1) is 10.2. The van der Waals surface area contributed by atoms with Crippen LogP contribution < -0.4 is 5.32 Å². The molecule has 3 rings (SSSR count). The molecule has 0 aliphatic carbocycles. The molecule has 0 bridgehead atoms. The lowest BCUT2D eigenvalue weighted by atomic mass is 9.82. The molecule has 1 saturated heterocycles. The fourth-order valence-corrected chi connectivity index (χ4v) is 3.26. The Morgan fingerprint density at radius 1 is 1.38 bits per heavy atom. The largest absolute Gasteiger partial charge is 0.381 e. The van der Waals surface area contributed by atoms with E-state index in [0.717, 1.165) is 24.1 Å². The highest BCUT2D eigenvalue weighted by molar-refractivity contribution is 7.10. The molecule has 0 radical (unpaired) electrons. The number of aromatic nitrogens is 2. The van der Waals surface area contributed by atoms with Crippen LogP contribution in [-0.2, 0) is 16.8 Å². The molecule has 0 spiro atoms. The summed E-state index contributed by atoms with van der Waals surface area (Å²) >= 11 is 7.21. The number of rotatable bonds is 4. The monoisotopic (exact) mass is 327 g/mol. The van der Waals surface area contributed by atoms with Gasteiger partial charge in [-0.2, -0.15) is 0 Å². The molecular weight excluding hydrogens is 313 g/mol. The third kappa shape index (κ3) is 3.23.